The first kappa shape index (κ1) is 21.6. The normalized spacial score (nSPS) is 21.6. The average Bonchev–Trinajstić information content (AvgIpc) is 3.54. The summed E-state index contributed by atoms with van der Waals surface area (Å²) >= 11 is 0. The van der Waals surface area contributed by atoms with Gasteiger partial charge < -0.3 is 23.6 Å². The second-order valence-electron chi connectivity index (χ2n) is 9.39. The number of nitrogens with zero attached hydrogens (tertiary/aromatic N) is 2. The van der Waals surface area contributed by atoms with E-state index in [4.69, 9.17) is 8.83 Å². The van der Waals surface area contributed by atoms with Crippen LogP contribution in [0.5, 0.6) is 0 Å². The number of nitrogens with one attached hydrogen (secondary N) is 1. The lowest BCUT2D eigenvalue weighted by atomic mass is 9.93. The zero-order valence-corrected chi connectivity index (χ0v) is 19.1. The third-order valence-electron chi connectivity index (χ3n) is 7.12. The molecule has 1 unspecified atom stereocenters. The van der Waals surface area contributed by atoms with Gasteiger partial charge in [0.15, 0.2) is 0 Å². The van der Waals surface area contributed by atoms with Crippen LogP contribution in [0.15, 0.2) is 57.8 Å². The van der Waals surface area contributed by atoms with Crippen molar-refractivity contribution in [3.05, 3.63) is 60.4 Å². The largest absolute Gasteiger partial charge is 0.469 e. The first-order chi connectivity index (χ1) is 16.1. The number of carbonyl (C=O) groups is 2. The molecule has 0 radical (unpaired) electrons. The number of aromatic nitrogens is 1. The molecule has 1 aliphatic carbocycles. The predicted molar refractivity (Wildman–Crippen MR) is 124 cm³/mol. The second kappa shape index (κ2) is 8.96. The van der Waals surface area contributed by atoms with Crippen LogP contribution < -0.4 is 5.32 Å². The molecule has 1 fully saturated rings. The van der Waals surface area contributed by atoms with Crippen molar-refractivity contribution in [2.45, 2.75) is 70.0 Å². The summed E-state index contributed by atoms with van der Waals surface area (Å²) in [5, 5.41) is 3.30. The minimum absolute atomic E-state index is 0.0908. The molecule has 1 atom stereocenters. The van der Waals surface area contributed by atoms with Crippen LogP contribution in [0.3, 0.4) is 0 Å². The Morgan fingerprint density at radius 1 is 1.03 bits per heavy atom. The van der Waals surface area contributed by atoms with Crippen molar-refractivity contribution < 1.29 is 18.4 Å². The highest BCUT2D eigenvalue weighted by Crippen LogP contribution is 2.34. The van der Waals surface area contributed by atoms with Crippen LogP contribution in [0.1, 0.15) is 61.7 Å². The molecule has 0 spiro atoms. The zero-order chi connectivity index (χ0) is 22.8. The fourth-order valence-corrected chi connectivity index (χ4v) is 5.20. The molecule has 1 saturated carbocycles. The summed E-state index contributed by atoms with van der Waals surface area (Å²) in [6, 6.07) is 11.3. The molecule has 1 aliphatic heterocycles. The summed E-state index contributed by atoms with van der Waals surface area (Å²) in [7, 11) is 0. The van der Waals surface area contributed by atoms with Gasteiger partial charge in [0.1, 0.15) is 22.8 Å². The first-order valence-corrected chi connectivity index (χ1v) is 11.9. The Bertz CT molecular complexity index is 1090. The van der Waals surface area contributed by atoms with E-state index in [-0.39, 0.29) is 17.9 Å². The summed E-state index contributed by atoms with van der Waals surface area (Å²) in [6.07, 6.45) is 10.5. The fraction of sp³-hybridized carbons (Fsp3) is 0.462. The van der Waals surface area contributed by atoms with Gasteiger partial charge in [-0.3, -0.25) is 9.59 Å². The van der Waals surface area contributed by atoms with Gasteiger partial charge in [-0.05, 0) is 56.2 Å². The van der Waals surface area contributed by atoms with E-state index in [0.29, 0.717) is 31.0 Å². The van der Waals surface area contributed by atoms with Crippen LogP contribution >= 0.6 is 0 Å². The standard InChI is InChI=1S/C26H31N3O4/c1-26(25(31)27-19-8-4-2-3-5-9-19)18-28-21(23-11-7-17-33-23)12-13-22(28)24(30)29(26)15-14-20-10-6-16-32-20/h6-7,10-13,16-17,19H,2-5,8-9,14-15,18H2,1H3,(H,27,31). The number of hydrogen-bond donors (Lipinski definition) is 1. The molecule has 5 rings (SSSR count). The number of rotatable bonds is 6. The van der Waals surface area contributed by atoms with Gasteiger partial charge in [0.25, 0.3) is 5.91 Å². The molecule has 2 amide bonds. The second-order valence-corrected chi connectivity index (χ2v) is 9.39. The van der Waals surface area contributed by atoms with Gasteiger partial charge in [-0.1, -0.05) is 25.7 Å². The van der Waals surface area contributed by atoms with Crippen molar-refractivity contribution in [2.24, 2.45) is 0 Å². The maximum atomic E-state index is 13.8. The molecule has 1 N–H and O–H groups in total. The number of carbonyl (C=O) groups excluding carboxylic acids is 2. The number of fused-ring (bicyclic) bond motifs is 1. The Kier molecular flexibility index (Phi) is 5.87. The lowest BCUT2D eigenvalue weighted by molar-refractivity contribution is -0.133. The average molecular weight is 450 g/mol. The summed E-state index contributed by atoms with van der Waals surface area (Å²) in [6.45, 7) is 2.66. The third kappa shape index (κ3) is 4.12. The predicted octanol–water partition coefficient (Wildman–Crippen LogP) is 4.64. The van der Waals surface area contributed by atoms with Gasteiger partial charge in [-0.15, -0.1) is 0 Å². The molecule has 3 aromatic rings. The maximum absolute atomic E-state index is 13.8. The van der Waals surface area contributed by atoms with Crippen molar-refractivity contribution in [1.82, 2.24) is 14.8 Å². The molecule has 4 heterocycles. The molecule has 7 heteroatoms. The van der Waals surface area contributed by atoms with Gasteiger partial charge in [0.2, 0.25) is 5.91 Å². The third-order valence-corrected chi connectivity index (χ3v) is 7.12. The summed E-state index contributed by atoms with van der Waals surface area (Å²) in [5.41, 5.74) is 0.353. The topological polar surface area (TPSA) is 80.6 Å². The van der Waals surface area contributed by atoms with Crippen molar-refractivity contribution >= 4 is 11.8 Å². The number of furan rings is 2. The Labute approximate surface area is 193 Å². The van der Waals surface area contributed by atoms with Gasteiger partial charge >= 0.3 is 0 Å². The highest BCUT2D eigenvalue weighted by molar-refractivity contribution is 6.00. The highest BCUT2D eigenvalue weighted by atomic mass is 16.3. The highest BCUT2D eigenvalue weighted by Gasteiger charge is 2.48. The maximum Gasteiger partial charge on any atom is 0.271 e. The summed E-state index contributed by atoms with van der Waals surface area (Å²) in [4.78, 5) is 29.2. The van der Waals surface area contributed by atoms with Crippen LogP contribution in [0.25, 0.3) is 11.5 Å². The minimum atomic E-state index is -1.02. The molecule has 174 valence electrons. The first-order valence-electron chi connectivity index (χ1n) is 11.9. The van der Waals surface area contributed by atoms with Gasteiger partial charge in [-0.2, -0.15) is 0 Å². The molecular formula is C26H31N3O4. The van der Waals surface area contributed by atoms with Crippen molar-refractivity contribution in [1.29, 1.82) is 0 Å². The van der Waals surface area contributed by atoms with E-state index in [9.17, 15) is 9.59 Å². The van der Waals surface area contributed by atoms with Gasteiger partial charge in [0.05, 0.1) is 24.8 Å². The Morgan fingerprint density at radius 3 is 2.45 bits per heavy atom. The molecule has 2 aliphatic rings. The van der Waals surface area contributed by atoms with Crippen LogP contribution in [-0.2, 0) is 17.8 Å². The molecule has 0 bridgehead atoms. The van der Waals surface area contributed by atoms with E-state index in [2.05, 4.69) is 5.32 Å². The Hall–Kier alpha value is -3.22. The molecule has 0 saturated heterocycles. The quantitative estimate of drug-likeness (QED) is 0.556. The van der Waals surface area contributed by atoms with Crippen LogP contribution in [0.4, 0.5) is 0 Å². The molecule has 0 aromatic carbocycles. The number of amides is 2. The zero-order valence-electron chi connectivity index (χ0n) is 19.1. The van der Waals surface area contributed by atoms with E-state index >= 15 is 0 Å². The molecular weight excluding hydrogens is 418 g/mol. The molecule has 7 nitrogen and oxygen atoms in total. The van der Waals surface area contributed by atoms with Gasteiger partial charge in [0, 0.05) is 19.0 Å². The van der Waals surface area contributed by atoms with E-state index in [1.54, 1.807) is 17.4 Å². The van der Waals surface area contributed by atoms with Crippen molar-refractivity contribution in [3.63, 3.8) is 0 Å². The summed E-state index contributed by atoms with van der Waals surface area (Å²) < 4.78 is 13.0. The smallest absolute Gasteiger partial charge is 0.271 e. The minimum Gasteiger partial charge on any atom is -0.469 e. The summed E-state index contributed by atoms with van der Waals surface area (Å²) in [5.74, 6) is 1.24. The molecule has 33 heavy (non-hydrogen) atoms. The van der Waals surface area contributed by atoms with E-state index < -0.39 is 5.54 Å². The Morgan fingerprint density at radius 2 is 1.76 bits per heavy atom. The SMILES string of the molecule is CC1(C(=O)NC2CCCCCC2)Cn2c(ccc2-c2ccco2)C(=O)N1CCc1ccco1. The van der Waals surface area contributed by atoms with E-state index in [1.165, 1.54) is 12.8 Å². The lowest BCUT2D eigenvalue weighted by Gasteiger charge is -2.44. The molecule has 3 aromatic heterocycles. The fourth-order valence-electron chi connectivity index (χ4n) is 5.20. The van der Waals surface area contributed by atoms with E-state index in [0.717, 1.165) is 37.1 Å². The van der Waals surface area contributed by atoms with Gasteiger partial charge in [-0.25, -0.2) is 0 Å². The monoisotopic (exact) mass is 449 g/mol. The van der Waals surface area contributed by atoms with Crippen LogP contribution in [0.2, 0.25) is 0 Å². The van der Waals surface area contributed by atoms with E-state index in [1.807, 2.05) is 47.9 Å². The lowest BCUT2D eigenvalue weighted by Crippen LogP contribution is -2.65. The van der Waals surface area contributed by atoms with Crippen LogP contribution in [-0.4, -0.2) is 39.4 Å². The van der Waals surface area contributed by atoms with Crippen molar-refractivity contribution in [2.75, 3.05) is 6.54 Å². The van der Waals surface area contributed by atoms with Crippen molar-refractivity contribution in [3.8, 4) is 11.5 Å². The van der Waals surface area contributed by atoms with Crippen LogP contribution in [0, 0.1) is 0 Å². The number of hydrogen-bond acceptors (Lipinski definition) is 4. The Balaban J connectivity index is 1.47.